The Morgan fingerprint density at radius 1 is 1.22 bits per heavy atom. The van der Waals surface area contributed by atoms with Crippen LogP contribution in [0.25, 0.3) is 0 Å². The number of imide groups is 1. The van der Waals surface area contributed by atoms with Crippen molar-refractivity contribution in [2.24, 2.45) is 5.92 Å². The van der Waals surface area contributed by atoms with Gasteiger partial charge in [0.05, 0.1) is 6.54 Å². The third-order valence-electron chi connectivity index (χ3n) is 6.00. The minimum Gasteiger partial charge on any atom is -0.323 e. The van der Waals surface area contributed by atoms with E-state index in [1.165, 1.54) is 16.0 Å². The van der Waals surface area contributed by atoms with E-state index in [9.17, 15) is 9.59 Å². The molecule has 2 heterocycles. The van der Waals surface area contributed by atoms with Crippen LogP contribution in [0.15, 0.2) is 36.4 Å². The normalized spacial score (nSPS) is 24.3. The maximum atomic E-state index is 13.1. The number of hydrogen-bond acceptors (Lipinski definition) is 3. The zero-order valence-corrected chi connectivity index (χ0v) is 16.8. The van der Waals surface area contributed by atoms with Crippen molar-refractivity contribution < 1.29 is 9.59 Å². The maximum absolute atomic E-state index is 13.1. The smallest absolute Gasteiger partial charge is 0.323 e. The van der Waals surface area contributed by atoms with Gasteiger partial charge in [-0.25, -0.2) is 4.79 Å². The number of carbonyl (C=O) groups is 2. The van der Waals surface area contributed by atoms with Crippen LogP contribution < -0.4 is 5.32 Å². The number of urea groups is 1. The van der Waals surface area contributed by atoms with Crippen LogP contribution in [0.5, 0.6) is 0 Å². The fraction of sp³-hybridized carbons (Fsp3) is 0.545. The molecule has 2 fully saturated rings. The molecule has 1 aromatic rings. The Morgan fingerprint density at radius 3 is 2.41 bits per heavy atom. The number of aryl methyl sites for hydroxylation is 1. The van der Waals surface area contributed by atoms with Gasteiger partial charge in [0.25, 0.3) is 5.91 Å². The zero-order chi connectivity index (χ0) is 19.6. The molecule has 1 atom stereocenters. The molecule has 0 saturated carbocycles. The van der Waals surface area contributed by atoms with Crippen molar-refractivity contribution in [2.45, 2.75) is 52.1 Å². The largest absolute Gasteiger partial charge is 0.325 e. The predicted molar refractivity (Wildman–Crippen MR) is 107 cm³/mol. The predicted octanol–water partition coefficient (Wildman–Crippen LogP) is 3.48. The second-order valence-electron chi connectivity index (χ2n) is 8.14. The van der Waals surface area contributed by atoms with Gasteiger partial charge in [-0.3, -0.25) is 14.6 Å². The lowest BCUT2D eigenvalue weighted by Crippen LogP contribution is -2.55. The molecule has 0 spiro atoms. The topological polar surface area (TPSA) is 52.7 Å². The molecule has 0 aromatic heterocycles. The monoisotopic (exact) mass is 369 g/mol. The van der Waals surface area contributed by atoms with Crippen molar-refractivity contribution in [3.8, 4) is 0 Å². The first-order chi connectivity index (χ1) is 12.9. The lowest BCUT2D eigenvalue weighted by molar-refractivity contribution is -0.134. The van der Waals surface area contributed by atoms with Crippen LogP contribution >= 0.6 is 0 Å². The Labute approximate surface area is 162 Å². The molecule has 0 radical (unpaired) electrons. The number of carbonyl (C=O) groups excluding carboxylic acids is 2. The SMILES string of the molecule is C=C(C)CN1C(=O)NC(CC)(C2CCN(Cc3ccc(C)cc3)CC2)C1=O. The zero-order valence-electron chi connectivity index (χ0n) is 16.8. The van der Waals surface area contributed by atoms with Crippen molar-refractivity contribution >= 4 is 11.9 Å². The summed E-state index contributed by atoms with van der Waals surface area (Å²) in [4.78, 5) is 29.3. The lowest BCUT2D eigenvalue weighted by atomic mass is 9.75. The Morgan fingerprint density at radius 2 is 1.85 bits per heavy atom. The molecular formula is C22H31N3O2. The summed E-state index contributed by atoms with van der Waals surface area (Å²) in [5, 5.41) is 3.04. The summed E-state index contributed by atoms with van der Waals surface area (Å²) in [5.74, 6) is 0.110. The standard InChI is InChI=1S/C22H31N3O2/c1-5-22(20(26)25(14-16(2)3)21(27)23-22)19-10-12-24(13-11-19)15-18-8-6-17(4)7-9-18/h6-9,19H,2,5,10-15H2,1,3-4H3,(H,23,27). The quantitative estimate of drug-likeness (QED) is 0.617. The van der Waals surface area contributed by atoms with Crippen molar-refractivity contribution in [3.05, 3.63) is 47.5 Å². The second kappa shape index (κ2) is 7.85. The first kappa shape index (κ1) is 19.6. The number of rotatable bonds is 6. The van der Waals surface area contributed by atoms with E-state index < -0.39 is 5.54 Å². The first-order valence-corrected chi connectivity index (χ1v) is 9.92. The molecule has 1 unspecified atom stereocenters. The van der Waals surface area contributed by atoms with E-state index in [0.29, 0.717) is 13.0 Å². The van der Waals surface area contributed by atoms with Crippen molar-refractivity contribution in [3.63, 3.8) is 0 Å². The van der Waals surface area contributed by atoms with E-state index in [1.807, 2.05) is 13.8 Å². The van der Waals surface area contributed by atoms with Gasteiger partial charge in [0.2, 0.25) is 0 Å². The second-order valence-corrected chi connectivity index (χ2v) is 8.14. The van der Waals surface area contributed by atoms with E-state index in [0.717, 1.165) is 38.0 Å². The molecule has 1 N–H and O–H groups in total. The Bertz CT molecular complexity index is 720. The molecule has 5 heteroatoms. The lowest BCUT2D eigenvalue weighted by Gasteiger charge is -2.40. The van der Waals surface area contributed by atoms with Crippen molar-refractivity contribution in [2.75, 3.05) is 19.6 Å². The third-order valence-corrected chi connectivity index (χ3v) is 6.00. The van der Waals surface area contributed by atoms with Gasteiger partial charge in [-0.1, -0.05) is 48.9 Å². The molecule has 3 rings (SSSR count). The van der Waals surface area contributed by atoms with E-state index in [1.54, 1.807) is 0 Å². The average molecular weight is 370 g/mol. The van der Waals surface area contributed by atoms with Gasteiger partial charge in [0, 0.05) is 6.54 Å². The maximum Gasteiger partial charge on any atom is 0.325 e. The molecular weight excluding hydrogens is 338 g/mol. The van der Waals surface area contributed by atoms with Gasteiger partial charge >= 0.3 is 6.03 Å². The molecule has 27 heavy (non-hydrogen) atoms. The summed E-state index contributed by atoms with van der Waals surface area (Å²) in [6, 6.07) is 8.40. The summed E-state index contributed by atoms with van der Waals surface area (Å²) in [6.45, 7) is 12.9. The highest BCUT2D eigenvalue weighted by Crippen LogP contribution is 2.36. The number of likely N-dealkylation sites (tertiary alicyclic amines) is 1. The van der Waals surface area contributed by atoms with Gasteiger partial charge in [-0.05, 0) is 57.7 Å². The third kappa shape index (κ3) is 3.93. The molecule has 1 aromatic carbocycles. The molecule has 2 saturated heterocycles. The molecule has 0 aliphatic carbocycles. The Hall–Kier alpha value is -2.14. The first-order valence-electron chi connectivity index (χ1n) is 9.92. The molecule has 2 aliphatic heterocycles. The average Bonchev–Trinajstić information content (AvgIpc) is 2.89. The highest BCUT2D eigenvalue weighted by molar-refractivity contribution is 6.07. The van der Waals surface area contributed by atoms with Crippen LogP contribution in [0.2, 0.25) is 0 Å². The van der Waals surface area contributed by atoms with Crippen molar-refractivity contribution in [1.82, 2.24) is 15.1 Å². The number of piperidine rings is 1. The van der Waals surface area contributed by atoms with Crippen LogP contribution in [0.4, 0.5) is 4.79 Å². The van der Waals surface area contributed by atoms with E-state index >= 15 is 0 Å². The molecule has 0 bridgehead atoms. The fourth-order valence-electron chi connectivity index (χ4n) is 4.40. The summed E-state index contributed by atoms with van der Waals surface area (Å²) in [5.41, 5.74) is 2.67. The highest BCUT2D eigenvalue weighted by atomic mass is 16.2. The van der Waals surface area contributed by atoms with Gasteiger partial charge in [-0.2, -0.15) is 0 Å². The molecule has 146 valence electrons. The van der Waals surface area contributed by atoms with Crippen LogP contribution in [-0.4, -0.2) is 46.9 Å². The van der Waals surface area contributed by atoms with E-state index in [4.69, 9.17) is 0 Å². The minimum absolute atomic E-state index is 0.0741. The summed E-state index contributed by atoms with van der Waals surface area (Å²) in [7, 11) is 0. The number of hydrogen-bond donors (Lipinski definition) is 1. The van der Waals surface area contributed by atoms with Gasteiger partial charge in [0.15, 0.2) is 0 Å². The summed E-state index contributed by atoms with van der Waals surface area (Å²) < 4.78 is 0. The van der Waals surface area contributed by atoms with Crippen LogP contribution in [0.3, 0.4) is 0 Å². The van der Waals surface area contributed by atoms with Gasteiger partial charge in [-0.15, -0.1) is 0 Å². The van der Waals surface area contributed by atoms with Crippen LogP contribution in [0.1, 0.15) is 44.2 Å². The van der Waals surface area contributed by atoms with Gasteiger partial charge < -0.3 is 5.32 Å². The molecule has 5 nitrogen and oxygen atoms in total. The number of benzene rings is 1. The number of nitrogens with zero attached hydrogens (tertiary/aromatic N) is 2. The van der Waals surface area contributed by atoms with E-state index in [2.05, 4.69) is 48.0 Å². The molecule has 3 amide bonds. The Kier molecular flexibility index (Phi) is 5.70. The Balaban J connectivity index is 1.65. The van der Waals surface area contributed by atoms with E-state index in [-0.39, 0.29) is 17.9 Å². The van der Waals surface area contributed by atoms with Crippen LogP contribution in [-0.2, 0) is 11.3 Å². The van der Waals surface area contributed by atoms with Gasteiger partial charge in [0.1, 0.15) is 5.54 Å². The fourth-order valence-corrected chi connectivity index (χ4v) is 4.40. The van der Waals surface area contributed by atoms with Crippen molar-refractivity contribution in [1.29, 1.82) is 0 Å². The van der Waals surface area contributed by atoms with Crippen LogP contribution in [0, 0.1) is 12.8 Å². The number of nitrogens with one attached hydrogen (secondary N) is 1. The summed E-state index contributed by atoms with van der Waals surface area (Å²) in [6.07, 6.45) is 2.48. The summed E-state index contributed by atoms with van der Waals surface area (Å²) >= 11 is 0. The molecule has 2 aliphatic rings. The number of amides is 3. The highest BCUT2D eigenvalue weighted by Gasteiger charge is 2.54. The minimum atomic E-state index is -0.748.